The van der Waals surface area contributed by atoms with Gasteiger partial charge < -0.3 is 10.6 Å². The quantitative estimate of drug-likeness (QED) is 0.768. The largest absolute Gasteiger partial charge is 0.318 e. The molecule has 5 heteroatoms. The number of carbonyl (C=O) groups excluding carboxylic acids is 2. The Hall–Kier alpha value is -2.14. The predicted molar refractivity (Wildman–Crippen MR) is 96.5 cm³/mol. The van der Waals surface area contributed by atoms with Gasteiger partial charge in [-0.3, -0.25) is 9.59 Å². The number of anilines is 2. The predicted octanol–water partition coefficient (Wildman–Crippen LogP) is 4.32. The van der Waals surface area contributed by atoms with Crippen LogP contribution >= 0.6 is 15.9 Å². The van der Waals surface area contributed by atoms with Crippen LogP contribution in [0.4, 0.5) is 11.4 Å². The van der Waals surface area contributed by atoms with Crippen LogP contribution in [0.15, 0.2) is 53.0 Å². The van der Waals surface area contributed by atoms with Gasteiger partial charge in [0.1, 0.15) is 0 Å². The number of hydrogen-bond acceptors (Lipinski definition) is 2. The summed E-state index contributed by atoms with van der Waals surface area (Å²) in [5.41, 5.74) is 2.36. The van der Waals surface area contributed by atoms with Crippen LogP contribution in [0.3, 0.4) is 0 Å². The van der Waals surface area contributed by atoms with Crippen LogP contribution in [0, 0.1) is 0 Å². The van der Waals surface area contributed by atoms with Crippen LogP contribution in [0.1, 0.15) is 26.3 Å². The summed E-state index contributed by atoms with van der Waals surface area (Å²) in [6.07, 6.45) is 0. The molecule has 23 heavy (non-hydrogen) atoms. The first-order chi connectivity index (χ1) is 10.8. The highest BCUT2D eigenvalue weighted by Gasteiger charge is 2.16. The number of rotatable bonds is 2. The minimum absolute atomic E-state index is 0.0432. The number of nitrogens with one attached hydrogen (secondary N) is 2. The van der Waals surface area contributed by atoms with Gasteiger partial charge in [-0.15, -0.1) is 0 Å². The lowest BCUT2D eigenvalue weighted by Gasteiger charge is -2.19. The Morgan fingerprint density at radius 1 is 0.783 bits per heavy atom. The summed E-state index contributed by atoms with van der Waals surface area (Å²) < 4.78 is 0.902. The van der Waals surface area contributed by atoms with Crippen molar-refractivity contribution >= 4 is 39.1 Å². The van der Waals surface area contributed by atoms with Gasteiger partial charge >= 0.3 is 11.8 Å². The van der Waals surface area contributed by atoms with Gasteiger partial charge in [-0.2, -0.15) is 0 Å². The third kappa shape index (κ3) is 4.93. The Kier molecular flexibility index (Phi) is 5.21. The Morgan fingerprint density at radius 2 is 1.17 bits per heavy atom. The van der Waals surface area contributed by atoms with E-state index in [1.807, 2.05) is 12.1 Å². The molecule has 2 N–H and O–H groups in total. The molecule has 2 rings (SSSR count). The van der Waals surface area contributed by atoms with E-state index in [4.69, 9.17) is 0 Å². The zero-order chi connectivity index (χ0) is 17.0. The Labute approximate surface area is 144 Å². The highest BCUT2D eigenvalue weighted by molar-refractivity contribution is 9.10. The van der Waals surface area contributed by atoms with Gasteiger partial charge in [0.05, 0.1) is 0 Å². The average Bonchev–Trinajstić information content (AvgIpc) is 2.49. The molecule has 0 unspecified atom stereocenters. The highest BCUT2D eigenvalue weighted by atomic mass is 79.9. The van der Waals surface area contributed by atoms with Crippen LogP contribution in [0.2, 0.25) is 0 Å². The number of amides is 2. The van der Waals surface area contributed by atoms with E-state index in [1.165, 1.54) is 0 Å². The van der Waals surface area contributed by atoms with E-state index in [-0.39, 0.29) is 5.41 Å². The van der Waals surface area contributed by atoms with Crippen molar-refractivity contribution in [2.24, 2.45) is 0 Å². The van der Waals surface area contributed by atoms with E-state index in [0.717, 1.165) is 10.0 Å². The first-order valence-electron chi connectivity index (χ1n) is 7.24. The number of halogens is 1. The smallest absolute Gasteiger partial charge is 0.314 e. The minimum Gasteiger partial charge on any atom is -0.318 e. The normalized spacial score (nSPS) is 11.0. The number of hydrogen-bond donors (Lipinski definition) is 2. The molecule has 4 nitrogen and oxygen atoms in total. The van der Waals surface area contributed by atoms with Gasteiger partial charge in [0.25, 0.3) is 0 Å². The summed E-state index contributed by atoms with van der Waals surface area (Å²) in [4.78, 5) is 23.8. The van der Waals surface area contributed by atoms with Gasteiger partial charge in [-0.1, -0.05) is 48.8 Å². The molecule has 0 saturated heterocycles. The standard InChI is InChI=1S/C18H19BrN2O2/c1-18(2,3)12-4-8-14(9-5-12)20-16(22)17(23)21-15-10-6-13(19)7-11-15/h4-11H,1-3H3,(H,20,22)(H,21,23). The first kappa shape index (κ1) is 17.2. The van der Waals surface area contributed by atoms with E-state index < -0.39 is 11.8 Å². The topological polar surface area (TPSA) is 58.2 Å². The van der Waals surface area contributed by atoms with Gasteiger partial charge in [-0.05, 0) is 47.4 Å². The third-order valence-corrected chi connectivity index (χ3v) is 3.85. The summed E-state index contributed by atoms with van der Waals surface area (Å²) in [5, 5.41) is 5.14. The third-order valence-electron chi connectivity index (χ3n) is 3.32. The van der Waals surface area contributed by atoms with E-state index >= 15 is 0 Å². The zero-order valence-corrected chi connectivity index (χ0v) is 14.9. The Morgan fingerprint density at radius 3 is 1.57 bits per heavy atom. The molecule has 2 aromatic carbocycles. The van der Waals surface area contributed by atoms with Crippen molar-refractivity contribution in [2.45, 2.75) is 26.2 Å². The van der Waals surface area contributed by atoms with Gasteiger partial charge in [-0.25, -0.2) is 0 Å². The van der Waals surface area contributed by atoms with E-state index in [1.54, 1.807) is 36.4 Å². The fourth-order valence-corrected chi connectivity index (χ4v) is 2.23. The molecular formula is C18H19BrN2O2. The molecule has 0 aromatic heterocycles. The SMILES string of the molecule is CC(C)(C)c1ccc(NC(=O)C(=O)Nc2ccc(Br)cc2)cc1. The van der Waals surface area contributed by atoms with Crippen molar-refractivity contribution in [1.82, 2.24) is 0 Å². The van der Waals surface area contributed by atoms with Crippen LogP contribution in [-0.2, 0) is 15.0 Å². The van der Waals surface area contributed by atoms with Crippen LogP contribution < -0.4 is 10.6 Å². The lowest BCUT2D eigenvalue weighted by molar-refractivity contribution is -0.132. The van der Waals surface area contributed by atoms with Gasteiger partial charge in [0.15, 0.2) is 0 Å². The first-order valence-corrected chi connectivity index (χ1v) is 8.03. The van der Waals surface area contributed by atoms with Gasteiger partial charge in [0.2, 0.25) is 0 Å². The van der Waals surface area contributed by atoms with Crippen LogP contribution in [0.5, 0.6) is 0 Å². The molecule has 0 saturated carbocycles. The van der Waals surface area contributed by atoms with Crippen molar-refractivity contribution in [3.05, 3.63) is 58.6 Å². The summed E-state index contributed by atoms with van der Waals surface area (Å²) in [7, 11) is 0. The van der Waals surface area contributed by atoms with Crippen molar-refractivity contribution in [3.8, 4) is 0 Å². The average molecular weight is 375 g/mol. The molecule has 0 fully saturated rings. The minimum atomic E-state index is -0.702. The molecule has 0 radical (unpaired) electrons. The highest BCUT2D eigenvalue weighted by Crippen LogP contribution is 2.23. The fourth-order valence-electron chi connectivity index (χ4n) is 1.96. The fraction of sp³-hybridized carbons (Fsp3) is 0.222. The van der Waals surface area contributed by atoms with Crippen LogP contribution in [0.25, 0.3) is 0 Å². The van der Waals surface area contributed by atoms with Crippen LogP contribution in [-0.4, -0.2) is 11.8 Å². The van der Waals surface area contributed by atoms with E-state index in [2.05, 4.69) is 47.3 Å². The summed E-state index contributed by atoms with van der Waals surface area (Å²) in [6.45, 7) is 6.35. The van der Waals surface area contributed by atoms with Crippen molar-refractivity contribution in [3.63, 3.8) is 0 Å². The molecule has 2 aromatic rings. The lowest BCUT2D eigenvalue weighted by Crippen LogP contribution is -2.29. The van der Waals surface area contributed by atoms with Crippen molar-refractivity contribution in [2.75, 3.05) is 10.6 Å². The van der Waals surface area contributed by atoms with Gasteiger partial charge in [0, 0.05) is 15.8 Å². The number of benzene rings is 2. The maximum Gasteiger partial charge on any atom is 0.314 e. The molecule has 0 atom stereocenters. The Bertz CT molecular complexity index is 701. The molecule has 0 aliphatic rings. The summed E-state index contributed by atoms with van der Waals surface area (Å²) >= 11 is 3.31. The van der Waals surface area contributed by atoms with E-state index in [0.29, 0.717) is 11.4 Å². The molecule has 2 amide bonds. The Balaban J connectivity index is 1.98. The number of carbonyl (C=O) groups is 2. The zero-order valence-electron chi connectivity index (χ0n) is 13.3. The molecule has 0 spiro atoms. The molecule has 0 aliphatic heterocycles. The van der Waals surface area contributed by atoms with Crippen molar-refractivity contribution < 1.29 is 9.59 Å². The second-order valence-electron chi connectivity index (χ2n) is 6.24. The molecule has 120 valence electrons. The van der Waals surface area contributed by atoms with E-state index in [9.17, 15) is 9.59 Å². The molecular weight excluding hydrogens is 356 g/mol. The van der Waals surface area contributed by atoms with Crippen molar-refractivity contribution in [1.29, 1.82) is 0 Å². The second-order valence-corrected chi connectivity index (χ2v) is 7.16. The lowest BCUT2D eigenvalue weighted by atomic mass is 9.87. The molecule has 0 bridgehead atoms. The second kappa shape index (κ2) is 6.96. The maximum atomic E-state index is 11.9. The summed E-state index contributed by atoms with van der Waals surface area (Å²) in [6, 6.07) is 14.5. The molecule has 0 heterocycles. The monoisotopic (exact) mass is 374 g/mol. The molecule has 0 aliphatic carbocycles. The maximum absolute atomic E-state index is 11.9. The summed E-state index contributed by atoms with van der Waals surface area (Å²) in [5.74, 6) is -1.40.